The van der Waals surface area contributed by atoms with Gasteiger partial charge in [0, 0.05) is 22.2 Å². The van der Waals surface area contributed by atoms with E-state index in [0.717, 1.165) is 34.2 Å². The van der Waals surface area contributed by atoms with Crippen LogP contribution in [0.3, 0.4) is 0 Å². The molecule has 2 aromatic heterocycles. The molecule has 0 N–H and O–H groups in total. The summed E-state index contributed by atoms with van der Waals surface area (Å²) in [5.41, 5.74) is 9.04. The van der Waals surface area contributed by atoms with Crippen LogP contribution >= 0.6 is 0 Å². The third-order valence-electron chi connectivity index (χ3n) is 5.42. The van der Waals surface area contributed by atoms with Crippen LogP contribution in [0.4, 0.5) is 0 Å². The zero-order valence-corrected chi connectivity index (χ0v) is 16.7. The molecule has 0 saturated carbocycles. The van der Waals surface area contributed by atoms with E-state index in [1.165, 1.54) is 27.6 Å². The van der Waals surface area contributed by atoms with Gasteiger partial charge in [0.15, 0.2) is 0 Å². The molecule has 0 unspecified atom stereocenters. The first-order valence-corrected chi connectivity index (χ1v) is 9.99. The first kappa shape index (κ1) is 17.6. The van der Waals surface area contributed by atoms with Crippen LogP contribution < -0.4 is 0 Å². The van der Waals surface area contributed by atoms with Crippen molar-refractivity contribution in [3.05, 3.63) is 107 Å². The van der Waals surface area contributed by atoms with Gasteiger partial charge < -0.3 is 0 Å². The Kier molecular flexibility index (Phi) is 4.33. The predicted molar refractivity (Wildman–Crippen MR) is 121 cm³/mol. The summed E-state index contributed by atoms with van der Waals surface area (Å²) in [7, 11) is 0. The molecule has 0 aliphatic carbocycles. The average Bonchev–Trinajstić information content (AvgIpc) is 2.74. The largest absolute Gasteiger partial charge is 0.251 e. The molecule has 0 spiro atoms. The van der Waals surface area contributed by atoms with Gasteiger partial charge in [-0.05, 0) is 54.7 Å². The molecule has 0 atom stereocenters. The lowest BCUT2D eigenvalue weighted by Gasteiger charge is -2.13. The number of rotatable bonds is 3. The van der Waals surface area contributed by atoms with E-state index in [9.17, 15) is 0 Å². The van der Waals surface area contributed by atoms with Crippen LogP contribution in [0.1, 0.15) is 22.5 Å². The first-order valence-electron chi connectivity index (χ1n) is 9.99. The van der Waals surface area contributed by atoms with Crippen LogP contribution in [-0.4, -0.2) is 9.97 Å². The summed E-state index contributed by atoms with van der Waals surface area (Å²) in [5, 5.41) is 2.34. The van der Waals surface area contributed by atoms with E-state index in [0.29, 0.717) is 0 Å². The number of aryl methyl sites for hydroxylation is 2. The summed E-state index contributed by atoms with van der Waals surface area (Å²) in [6.45, 7) is 4.13. The molecule has 5 rings (SSSR count). The molecular weight excluding hydrogens is 352 g/mol. The van der Waals surface area contributed by atoms with Crippen molar-refractivity contribution in [1.82, 2.24) is 9.97 Å². The van der Waals surface area contributed by atoms with Gasteiger partial charge in [0.25, 0.3) is 0 Å². The van der Waals surface area contributed by atoms with Gasteiger partial charge in [0.2, 0.25) is 0 Å². The molecule has 3 aromatic carbocycles. The highest BCUT2D eigenvalue weighted by atomic mass is 14.8. The number of benzene rings is 3. The van der Waals surface area contributed by atoms with Gasteiger partial charge in [-0.3, -0.25) is 9.97 Å². The highest BCUT2D eigenvalue weighted by Gasteiger charge is 2.13. The summed E-state index contributed by atoms with van der Waals surface area (Å²) in [4.78, 5) is 9.84. The van der Waals surface area contributed by atoms with Crippen LogP contribution in [0.5, 0.6) is 0 Å². The molecule has 0 saturated heterocycles. The van der Waals surface area contributed by atoms with E-state index in [-0.39, 0.29) is 0 Å². The molecule has 0 aliphatic heterocycles. The lowest BCUT2D eigenvalue weighted by Crippen LogP contribution is -1.97. The number of pyridine rings is 2. The Morgan fingerprint density at radius 2 is 1.21 bits per heavy atom. The Morgan fingerprint density at radius 1 is 0.621 bits per heavy atom. The fourth-order valence-electron chi connectivity index (χ4n) is 4.13. The average molecular weight is 374 g/mol. The summed E-state index contributed by atoms with van der Waals surface area (Å²) < 4.78 is 0. The fourth-order valence-corrected chi connectivity index (χ4v) is 4.13. The van der Waals surface area contributed by atoms with Crippen LogP contribution in [0.25, 0.3) is 32.9 Å². The van der Waals surface area contributed by atoms with Crippen molar-refractivity contribution >= 4 is 21.8 Å². The minimum absolute atomic E-state index is 0.892. The first-order chi connectivity index (χ1) is 14.2. The van der Waals surface area contributed by atoms with Gasteiger partial charge in [0.05, 0.1) is 11.0 Å². The van der Waals surface area contributed by atoms with Gasteiger partial charge >= 0.3 is 0 Å². The van der Waals surface area contributed by atoms with Crippen LogP contribution in [0.2, 0.25) is 0 Å². The molecule has 140 valence electrons. The quantitative estimate of drug-likeness (QED) is 0.330. The Balaban J connectivity index is 1.78. The van der Waals surface area contributed by atoms with E-state index in [4.69, 9.17) is 9.97 Å². The molecule has 0 amide bonds. The van der Waals surface area contributed by atoms with Crippen molar-refractivity contribution in [3.63, 3.8) is 0 Å². The second kappa shape index (κ2) is 7.14. The zero-order chi connectivity index (χ0) is 19.8. The van der Waals surface area contributed by atoms with Crippen LogP contribution in [-0.2, 0) is 6.42 Å². The molecule has 2 nitrogen and oxygen atoms in total. The van der Waals surface area contributed by atoms with Crippen molar-refractivity contribution in [2.75, 3.05) is 0 Å². The summed E-state index contributed by atoms with van der Waals surface area (Å²) in [6.07, 6.45) is 0.892. The van der Waals surface area contributed by atoms with Crippen molar-refractivity contribution in [2.45, 2.75) is 20.3 Å². The Labute approximate surface area is 170 Å². The number of nitrogens with zero attached hydrogens (tertiary/aromatic N) is 2. The number of fused-ring (bicyclic) bond motifs is 3. The topological polar surface area (TPSA) is 25.8 Å². The van der Waals surface area contributed by atoms with Crippen molar-refractivity contribution in [2.24, 2.45) is 0 Å². The van der Waals surface area contributed by atoms with E-state index in [2.05, 4.69) is 98.8 Å². The number of aromatic nitrogens is 2. The third kappa shape index (κ3) is 3.27. The van der Waals surface area contributed by atoms with E-state index in [1.807, 2.05) is 0 Å². The minimum Gasteiger partial charge on any atom is -0.251 e. The Morgan fingerprint density at radius 3 is 1.93 bits per heavy atom. The number of hydrogen-bond acceptors (Lipinski definition) is 2. The minimum atomic E-state index is 0.892. The van der Waals surface area contributed by atoms with Crippen LogP contribution in [0, 0.1) is 13.8 Å². The van der Waals surface area contributed by atoms with E-state index < -0.39 is 0 Å². The monoisotopic (exact) mass is 374 g/mol. The fraction of sp³-hybridized carbons (Fsp3) is 0.111. The number of hydrogen-bond donors (Lipinski definition) is 0. The molecule has 0 bridgehead atoms. The third-order valence-corrected chi connectivity index (χ3v) is 5.42. The summed E-state index contributed by atoms with van der Waals surface area (Å²) in [6, 6.07) is 29.9. The molecule has 0 fully saturated rings. The Hall–Kier alpha value is -3.52. The lowest BCUT2D eigenvalue weighted by atomic mass is 9.95. The summed E-state index contributed by atoms with van der Waals surface area (Å²) >= 11 is 0. The molecular formula is C27H22N2. The SMILES string of the molecule is Cc1cc(Cc2ccccc2)c2ccc3c(-c4ccccc4)cc(C)nc3c2n1. The van der Waals surface area contributed by atoms with Crippen molar-refractivity contribution in [1.29, 1.82) is 0 Å². The van der Waals surface area contributed by atoms with Gasteiger partial charge in [-0.1, -0.05) is 72.8 Å². The van der Waals surface area contributed by atoms with E-state index in [1.54, 1.807) is 0 Å². The molecule has 0 aliphatic rings. The zero-order valence-electron chi connectivity index (χ0n) is 16.7. The highest BCUT2D eigenvalue weighted by Crippen LogP contribution is 2.33. The standard InChI is InChI=1S/C27H22N2/c1-18-15-22(17-20-9-5-3-6-10-20)23-13-14-24-25(21-11-7-4-8-12-21)16-19(2)29-27(24)26(23)28-18/h3-16H,17H2,1-2H3. The molecule has 5 aromatic rings. The van der Waals surface area contributed by atoms with E-state index >= 15 is 0 Å². The lowest BCUT2D eigenvalue weighted by molar-refractivity contribution is 1.16. The van der Waals surface area contributed by atoms with Gasteiger partial charge in [0.1, 0.15) is 0 Å². The summed E-state index contributed by atoms with van der Waals surface area (Å²) in [5.74, 6) is 0. The van der Waals surface area contributed by atoms with Gasteiger partial charge in [-0.15, -0.1) is 0 Å². The predicted octanol–water partition coefficient (Wildman–Crippen LogP) is 6.66. The van der Waals surface area contributed by atoms with Crippen molar-refractivity contribution in [3.8, 4) is 11.1 Å². The van der Waals surface area contributed by atoms with Gasteiger partial charge in [-0.25, -0.2) is 0 Å². The molecule has 2 heteroatoms. The maximum Gasteiger partial charge on any atom is 0.0974 e. The van der Waals surface area contributed by atoms with Gasteiger partial charge in [-0.2, -0.15) is 0 Å². The molecule has 0 radical (unpaired) electrons. The maximum atomic E-state index is 4.92. The normalized spacial score (nSPS) is 11.2. The van der Waals surface area contributed by atoms with Crippen molar-refractivity contribution < 1.29 is 0 Å². The maximum absolute atomic E-state index is 4.92. The molecule has 2 heterocycles. The molecule has 29 heavy (non-hydrogen) atoms. The second-order valence-corrected chi connectivity index (χ2v) is 7.62. The highest BCUT2D eigenvalue weighted by molar-refractivity contribution is 6.09. The van der Waals surface area contributed by atoms with Crippen LogP contribution in [0.15, 0.2) is 84.9 Å². The Bertz CT molecular complexity index is 1320. The smallest absolute Gasteiger partial charge is 0.0974 e. The second-order valence-electron chi connectivity index (χ2n) is 7.62.